The molecule has 2 aromatic rings. The highest BCUT2D eigenvalue weighted by atomic mass is 31.1. The van der Waals surface area contributed by atoms with Gasteiger partial charge in [-0.2, -0.15) is 19.3 Å². The molecule has 0 aliphatic rings. The number of nitriles is 2. The number of carbonyl (C=O) groups is 2. The maximum Gasteiger partial charge on any atom is 0.704 e. The van der Waals surface area contributed by atoms with Crippen LogP contribution in [0.15, 0.2) is 46.4 Å². The number of hydrogen-bond donors (Lipinski definition) is 2. The molecule has 2 rings (SSSR count). The van der Waals surface area contributed by atoms with Gasteiger partial charge in [-0.25, -0.2) is 9.98 Å². The van der Waals surface area contributed by atoms with Gasteiger partial charge in [-0.3, -0.25) is 9.59 Å². The van der Waals surface area contributed by atoms with E-state index in [1.807, 2.05) is 12.1 Å². The Kier molecular flexibility index (Phi) is 11.7. The highest BCUT2D eigenvalue weighted by molar-refractivity contribution is 7.33. The van der Waals surface area contributed by atoms with E-state index in [1.165, 1.54) is 49.1 Å². The first-order valence-electron chi connectivity index (χ1n) is 11.1. The molecule has 0 aromatic heterocycles. The van der Waals surface area contributed by atoms with Gasteiger partial charge in [0, 0.05) is 44.1 Å². The van der Waals surface area contributed by atoms with E-state index in [-0.39, 0.29) is 22.5 Å². The van der Waals surface area contributed by atoms with Gasteiger partial charge in [0.25, 0.3) is 11.8 Å². The minimum atomic E-state index is -3.60. The number of nitrogens with zero attached hydrogens (tertiary/aromatic N) is 6. The zero-order valence-electron chi connectivity index (χ0n) is 21.7. The lowest BCUT2D eigenvalue weighted by molar-refractivity contribution is -0.133. The van der Waals surface area contributed by atoms with Gasteiger partial charge in [-0.1, -0.05) is 9.05 Å². The smallest absolute Gasteiger partial charge is 0.369 e. The largest absolute Gasteiger partial charge is 0.704 e. The number of benzene rings is 2. The number of rotatable bonds is 12. The predicted molar refractivity (Wildman–Crippen MR) is 143 cm³/mol. The molecule has 0 fully saturated rings. The van der Waals surface area contributed by atoms with E-state index in [1.54, 1.807) is 38.0 Å². The van der Waals surface area contributed by atoms with Crippen molar-refractivity contribution < 1.29 is 32.0 Å². The Hall–Kier alpha value is -4.82. The van der Waals surface area contributed by atoms with E-state index in [4.69, 9.17) is 0 Å². The van der Waals surface area contributed by atoms with Crippen molar-refractivity contribution >= 4 is 55.5 Å². The fraction of sp³-hybridized carbons (Fsp3) is 0.250. The van der Waals surface area contributed by atoms with Crippen LogP contribution in [0.3, 0.4) is 0 Å². The summed E-state index contributed by atoms with van der Waals surface area (Å²) in [6.07, 6.45) is -2.83. The standard InChI is InChI=1S/C24H23F2N8O5P/c1-33(2)13-29-19-7-5-17(9-15(19)11-27)31-23(35)21(25)38-40(37)39-22(26)24(36)32-18-6-8-20(16(10-18)12-28)30-14-34(3)4/h5-10,13-14,21-22H,1-4H3,(H-,31,32,35,36)/p+1. The van der Waals surface area contributed by atoms with Crippen molar-refractivity contribution in [2.75, 3.05) is 38.8 Å². The molecule has 0 spiro atoms. The highest BCUT2D eigenvalue weighted by Crippen LogP contribution is 2.31. The average Bonchev–Trinajstić information content (AvgIpc) is 2.90. The van der Waals surface area contributed by atoms with Gasteiger partial charge in [0.2, 0.25) is 0 Å². The van der Waals surface area contributed by atoms with Crippen LogP contribution in [0.5, 0.6) is 0 Å². The minimum Gasteiger partial charge on any atom is -0.369 e. The van der Waals surface area contributed by atoms with E-state index in [0.717, 1.165) is 0 Å². The molecule has 2 unspecified atom stereocenters. The van der Waals surface area contributed by atoms with Gasteiger partial charge < -0.3 is 20.4 Å². The first-order valence-corrected chi connectivity index (χ1v) is 12.2. The molecule has 0 radical (unpaired) electrons. The van der Waals surface area contributed by atoms with Crippen molar-refractivity contribution in [3.05, 3.63) is 47.5 Å². The summed E-state index contributed by atoms with van der Waals surface area (Å²) < 4.78 is 48.7. The van der Waals surface area contributed by atoms with Crippen molar-refractivity contribution in [1.82, 2.24) is 9.80 Å². The van der Waals surface area contributed by atoms with Crippen LogP contribution in [0.1, 0.15) is 11.1 Å². The maximum absolute atomic E-state index is 14.2. The van der Waals surface area contributed by atoms with Crippen molar-refractivity contribution in [2.24, 2.45) is 9.98 Å². The first kappa shape index (κ1) is 31.4. The van der Waals surface area contributed by atoms with Crippen LogP contribution in [0.4, 0.5) is 31.5 Å². The lowest BCUT2D eigenvalue weighted by Crippen LogP contribution is -2.27. The summed E-state index contributed by atoms with van der Waals surface area (Å²) in [4.78, 5) is 35.6. The van der Waals surface area contributed by atoms with Gasteiger partial charge in [-0.15, -0.1) is 0 Å². The molecule has 13 nitrogen and oxygen atoms in total. The quantitative estimate of drug-likeness (QED) is 0.218. The summed E-state index contributed by atoms with van der Waals surface area (Å²) in [5, 5.41) is 22.8. The van der Waals surface area contributed by atoms with E-state index in [0.29, 0.717) is 11.4 Å². The third kappa shape index (κ3) is 9.81. The van der Waals surface area contributed by atoms with Gasteiger partial charge in [0.05, 0.1) is 35.2 Å². The van der Waals surface area contributed by atoms with Gasteiger partial charge in [0.1, 0.15) is 12.1 Å². The molecule has 2 N–H and O–H groups in total. The second kappa shape index (κ2) is 14.9. The summed E-state index contributed by atoms with van der Waals surface area (Å²) in [5.41, 5.74) is 0.750. The van der Waals surface area contributed by atoms with E-state index < -0.39 is 32.8 Å². The first-order chi connectivity index (χ1) is 18.9. The summed E-state index contributed by atoms with van der Waals surface area (Å²) in [6.45, 7) is 0. The van der Waals surface area contributed by atoms with Crippen LogP contribution < -0.4 is 10.6 Å². The maximum atomic E-state index is 14.2. The third-order valence-corrected chi connectivity index (χ3v) is 5.11. The molecule has 0 saturated carbocycles. The molecule has 0 aliphatic carbocycles. The van der Waals surface area contributed by atoms with Crippen molar-refractivity contribution in [1.29, 1.82) is 10.5 Å². The summed E-state index contributed by atoms with van der Waals surface area (Å²) in [6, 6.07) is 11.7. The van der Waals surface area contributed by atoms with Gasteiger partial charge in [0.15, 0.2) is 0 Å². The third-order valence-electron chi connectivity index (χ3n) is 4.39. The second-order valence-corrected chi connectivity index (χ2v) is 9.02. The molecule has 0 bridgehead atoms. The minimum absolute atomic E-state index is 0.00524. The van der Waals surface area contributed by atoms with Crippen LogP contribution in [0.2, 0.25) is 0 Å². The predicted octanol–water partition coefficient (Wildman–Crippen LogP) is 3.73. The lowest BCUT2D eigenvalue weighted by atomic mass is 10.1. The fourth-order valence-corrected chi connectivity index (χ4v) is 3.20. The molecule has 208 valence electrons. The Morgan fingerprint density at radius 3 is 1.55 bits per heavy atom. The van der Waals surface area contributed by atoms with Crippen molar-refractivity contribution in [3.63, 3.8) is 0 Å². The van der Waals surface area contributed by atoms with Gasteiger partial charge >= 0.3 is 21.0 Å². The fourth-order valence-electron chi connectivity index (χ4n) is 2.66. The molecule has 0 aliphatic heterocycles. The summed E-state index contributed by atoms with van der Waals surface area (Å²) in [7, 11) is 3.31. The van der Waals surface area contributed by atoms with Crippen LogP contribution in [-0.2, 0) is 23.2 Å². The Labute approximate surface area is 229 Å². The Bertz CT molecular complexity index is 1300. The molecule has 16 heteroatoms. The van der Waals surface area contributed by atoms with Gasteiger partial charge in [-0.05, 0) is 36.4 Å². The number of anilines is 2. The normalized spacial score (nSPS) is 12.8. The van der Waals surface area contributed by atoms with E-state index in [9.17, 15) is 33.5 Å². The van der Waals surface area contributed by atoms with E-state index >= 15 is 0 Å². The van der Waals surface area contributed by atoms with Crippen molar-refractivity contribution in [3.8, 4) is 12.1 Å². The van der Waals surface area contributed by atoms with Crippen LogP contribution in [-0.4, -0.2) is 75.2 Å². The zero-order valence-corrected chi connectivity index (χ0v) is 22.6. The highest BCUT2D eigenvalue weighted by Gasteiger charge is 2.38. The Morgan fingerprint density at radius 2 is 1.23 bits per heavy atom. The Balaban J connectivity index is 1.94. The second-order valence-electron chi connectivity index (χ2n) is 8.15. The van der Waals surface area contributed by atoms with Crippen LogP contribution >= 0.6 is 8.25 Å². The van der Waals surface area contributed by atoms with Crippen LogP contribution in [0.25, 0.3) is 0 Å². The Morgan fingerprint density at radius 1 is 0.850 bits per heavy atom. The number of hydrogen-bond acceptors (Lipinski definition) is 9. The zero-order chi connectivity index (χ0) is 29.8. The number of halogens is 2. The lowest BCUT2D eigenvalue weighted by Gasteiger charge is -2.08. The van der Waals surface area contributed by atoms with E-state index in [2.05, 4.69) is 29.7 Å². The molecule has 2 atom stereocenters. The molecule has 2 aromatic carbocycles. The topological polar surface area (TPSA) is 173 Å². The molecule has 0 heterocycles. The SMILES string of the molecule is CN(C)C=Nc1ccc(NC(=O)C(F)O[P+](=O)OC(F)C(=O)Nc2ccc(N=CN(C)C)c(C#N)c2)cc1C#N. The van der Waals surface area contributed by atoms with Crippen molar-refractivity contribution in [2.45, 2.75) is 12.7 Å². The number of nitrogens with one attached hydrogen (secondary N) is 2. The monoisotopic (exact) mass is 573 g/mol. The molecule has 40 heavy (non-hydrogen) atoms. The number of carbonyl (C=O) groups excluding carboxylic acids is 2. The molecular formula is C24H24F2N8O5P+. The number of amides is 2. The molecular weight excluding hydrogens is 549 g/mol. The molecule has 0 saturated heterocycles. The average molecular weight is 573 g/mol. The number of aliphatic imine (C=N–C) groups is 2. The van der Waals surface area contributed by atoms with Crippen LogP contribution in [0, 0.1) is 22.7 Å². The number of alkyl halides is 2. The summed E-state index contributed by atoms with van der Waals surface area (Å²) in [5.74, 6) is -2.86. The molecule has 2 amide bonds. The summed E-state index contributed by atoms with van der Waals surface area (Å²) >= 11 is 0.